The highest BCUT2D eigenvalue weighted by Gasteiger charge is 2.22. The Morgan fingerprint density at radius 2 is 1.81 bits per heavy atom. The molecule has 0 aliphatic carbocycles. The van der Waals surface area contributed by atoms with Crippen molar-refractivity contribution in [1.82, 2.24) is 9.88 Å². The number of nitrogens with one attached hydrogen (secondary N) is 2. The van der Waals surface area contributed by atoms with E-state index >= 15 is 0 Å². The van der Waals surface area contributed by atoms with Gasteiger partial charge in [-0.2, -0.15) is 5.26 Å². The lowest BCUT2D eigenvalue weighted by Crippen LogP contribution is -2.50. The van der Waals surface area contributed by atoms with Gasteiger partial charge in [0, 0.05) is 54.7 Å². The lowest BCUT2D eigenvalue weighted by molar-refractivity contribution is 0.208. The van der Waals surface area contributed by atoms with Crippen LogP contribution in [0.1, 0.15) is 5.56 Å². The summed E-state index contributed by atoms with van der Waals surface area (Å²) in [5.41, 5.74) is 3.61. The van der Waals surface area contributed by atoms with E-state index < -0.39 is 0 Å². The number of amides is 2. The number of nitriles is 1. The number of fused-ring (bicyclic) bond motifs is 1. The largest absolute Gasteiger partial charge is 0.367 e. The highest BCUT2D eigenvalue weighted by molar-refractivity contribution is 5.93. The van der Waals surface area contributed by atoms with Crippen molar-refractivity contribution in [3.05, 3.63) is 60.3 Å². The Hall–Kier alpha value is -3.46. The number of piperazine rings is 1. The van der Waals surface area contributed by atoms with E-state index in [-0.39, 0.29) is 6.03 Å². The van der Waals surface area contributed by atoms with E-state index in [1.807, 2.05) is 11.1 Å². The molecule has 0 atom stereocenters. The van der Waals surface area contributed by atoms with Crippen LogP contribution in [0.15, 0.2) is 54.7 Å². The van der Waals surface area contributed by atoms with Crippen LogP contribution in [0.3, 0.4) is 0 Å². The number of hydrogen-bond acceptors (Lipinski definition) is 3. The number of carbonyl (C=O) groups excluding carboxylic acids is 1. The minimum atomic E-state index is -0.103. The SMILES string of the molecule is N#Cc1ccc(NC(=O)N2CCN(c3cccc4[nH]ccc34)CC2)cc1. The van der Waals surface area contributed by atoms with Crippen LogP contribution in [-0.2, 0) is 0 Å². The van der Waals surface area contributed by atoms with Gasteiger partial charge in [-0.3, -0.25) is 0 Å². The molecule has 2 aromatic carbocycles. The van der Waals surface area contributed by atoms with Crippen LogP contribution in [-0.4, -0.2) is 42.1 Å². The summed E-state index contributed by atoms with van der Waals surface area (Å²) in [6.45, 7) is 2.93. The van der Waals surface area contributed by atoms with Gasteiger partial charge in [-0.25, -0.2) is 4.79 Å². The van der Waals surface area contributed by atoms with Crippen molar-refractivity contribution in [2.24, 2.45) is 0 Å². The Bertz CT molecular complexity index is 962. The lowest BCUT2D eigenvalue weighted by atomic mass is 10.2. The summed E-state index contributed by atoms with van der Waals surface area (Å²) < 4.78 is 0. The number of carbonyl (C=O) groups is 1. The molecule has 0 spiro atoms. The second-order valence-corrected chi connectivity index (χ2v) is 6.31. The molecular formula is C20H19N5O. The molecule has 4 rings (SSSR count). The Morgan fingerprint density at radius 3 is 2.54 bits per heavy atom. The van der Waals surface area contributed by atoms with Crippen molar-refractivity contribution in [2.45, 2.75) is 0 Å². The van der Waals surface area contributed by atoms with Crippen molar-refractivity contribution in [3.63, 3.8) is 0 Å². The van der Waals surface area contributed by atoms with E-state index in [2.05, 4.69) is 45.5 Å². The Balaban J connectivity index is 1.39. The second kappa shape index (κ2) is 6.81. The number of anilines is 2. The summed E-state index contributed by atoms with van der Waals surface area (Å²) in [7, 11) is 0. The fraction of sp³-hybridized carbons (Fsp3) is 0.200. The summed E-state index contributed by atoms with van der Waals surface area (Å²) in [6.07, 6.45) is 1.95. The van der Waals surface area contributed by atoms with Gasteiger partial charge in [-0.15, -0.1) is 0 Å². The topological polar surface area (TPSA) is 75.2 Å². The van der Waals surface area contributed by atoms with Crippen LogP contribution >= 0.6 is 0 Å². The predicted octanol–water partition coefficient (Wildman–Crippen LogP) is 3.39. The quantitative estimate of drug-likeness (QED) is 0.747. The van der Waals surface area contributed by atoms with Crippen molar-refractivity contribution in [3.8, 4) is 6.07 Å². The van der Waals surface area contributed by atoms with Gasteiger partial charge in [0.1, 0.15) is 0 Å². The third kappa shape index (κ3) is 3.07. The minimum absolute atomic E-state index is 0.103. The third-order valence-corrected chi connectivity index (χ3v) is 4.74. The van der Waals surface area contributed by atoms with E-state index in [0.717, 1.165) is 18.6 Å². The molecule has 0 unspecified atom stereocenters. The number of benzene rings is 2. The van der Waals surface area contributed by atoms with Gasteiger partial charge >= 0.3 is 6.03 Å². The number of nitrogens with zero attached hydrogens (tertiary/aromatic N) is 3. The van der Waals surface area contributed by atoms with E-state index in [0.29, 0.717) is 24.3 Å². The molecule has 0 saturated carbocycles. The van der Waals surface area contributed by atoms with Crippen molar-refractivity contribution in [1.29, 1.82) is 5.26 Å². The smallest absolute Gasteiger partial charge is 0.321 e. The maximum absolute atomic E-state index is 12.5. The maximum atomic E-state index is 12.5. The van der Waals surface area contributed by atoms with Crippen LogP contribution in [0, 0.1) is 11.3 Å². The third-order valence-electron chi connectivity index (χ3n) is 4.74. The Morgan fingerprint density at radius 1 is 1.04 bits per heavy atom. The molecule has 1 aromatic heterocycles. The molecule has 6 nitrogen and oxygen atoms in total. The van der Waals surface area contributed by atoms with Crippen LogP contribution in [0.5, 0.6) is 0 Å². The first kappa shape index (κ1) is 16.0. The average molecular weight is 345 g/mol. The summed E-state index contributed by atoms with van der Waals surface area (Å²) in [5, 5.41) is 12.9. The van der Waals surface area contributed by atoms with Crippen LogP contribution in [0.4, 0.5) is 16.2 Å². The highest BCUT2D eigenvalue weighted by Crippen LogP contribution is 2.27. The van der Waals surface area contributed by atoms with Crippen LogP contribution in [0.2, 0.25) is 0 Å². The van der Waals surface area contributed by atoms with Gasteiger partial charge in [0.2, 0.25) is 0 Å². The van der Waals surface area contributed by atoms with Gasteiger partial charge in [0.15, 0.2) is 0 Å². The van der Waals surface area contributed by atoms with Crippen LogP contribution in [0.25, 0.3) is 10.9 Å². The number of hydrogen-bond donors (Lipinski definition) is 2. The molecule has 1 fully saturated rings. The van der Waals surface area contributed by atoms with Gasteiger partial charge in [0.05, 0.1) is 11.6 Å². The number of H-pyrrole nitrogens is 1. The molecule has 0 bridgehead atoms. The molecule has 1 aliphatic rings. The van der Waals surface area contributed by atoms with Crippen molar-refractivity contribution in [2.75, 3.05) is 36.4 Å². The summed E-state index contributed by atoms with van der Waals surface area (Å²) in [5.74, 6) is 0. The first-order chi connectivity index (χ1) is 12.7. The van der Waals surface area contributed by atoms with Gasteiger partial charge < -0.3 is 20.1 Å². The molecule has 3 aromatic rings. The van der Waals surface area contributed by atoms with Crippen LogP contribution < -0.4 is 10.2 Å². The van der Waals surface area contributed by atoms with Crippen molar-refractivity contribution < 1.29 is 4.79 Å². The molecule has 2 heterocycles. The van der Waals surface area contributed by atoms with Crippen molar-refractivity contribution >= 4 is 28.3 Å². The van der Waals surface area contributed by atoms with Gasteiger partial charge in [-0.05, 0) is 42.5 Å². The zero-order chi connectivity index (χ0) is 17.9. The Labute approximate surface area is 151 Å². The standard InChI is InChI=1S/C20H19N5O/c21-14-15-4-6-16(7-5-15)23-20(26)25-12-10-24(11-13-25)19-3-1-2-18-17(19)8-9-22-18/h1-9,22H,10-13H2,(H,23,26). The molecule has 6 heteroatoms. The van der Waals surface area contributed by atoms with E-state index in [1.165, 1.54) is 11.1 Å². The van der Waals surface area contributed by atoms with E-state index in [4.69, 9.17) is 5.26 Å². The summed E-state index contributed by atoms with van der Waals surface area (Å²) >= 11 is 0. The summed E-state index contributed by atoms with van der Waals surface area (Å²) in [6, 6.07) is 17.2. The molecule has 0 radical (unpaired) electrons. The highest BCUT2D eigenvalue weighted by atomic mass is 16.2. The number of aromatic nitrogens is 1. The molecule has 2 N–H and O–H groups in total. The maximum Gasteiger partial charge on any atom is 0.321 e. The molecule has 130 valence electrons. The minimum Gasteiger partial charge on any atom is -0.367 e. The summed E-state index contributed by atoms with van der Waals surface area (Å²) in [4.78, 5) is 19.8. The van der Waals surface area contributed by atoms with Gasteiger partial charge in [-0.1, -0.05) is 6.07 Å². The molecule has 2 amide bonds. The molecule has 1 saturated heterocycles. The lowest BCUT2D eigenvalue weighted by Gasteiger charge is -2.36. The monoisotopic (exact) mass is 345 g/mol. The number of urea groups is 1. The average Bonchev–Trinajstić information content (AvgIpc) is 3.17. The first-order valence-corrected chi connectivity index (χ1v) is 8.62. The van der Waals surface area contributed by atoms with E-state index in [9.17, 15) is 4.79 Å². The molecular weight excluding hydrogens is 326 g/mol. The Kier molecular flexibility index (Phi) is 4.20. The first-order valence-electron chi connectivity index (χ1n) is 8.62. The van der Waals surface area contributed by atoms with Gasteiger partial charge in [0.25, 0.3) is 0 Å². The van der Waals surface area contributed by atoms with E-state index in [1.54, 1.807) is 24.3 Å². The fourth-order valence-corrected chi connectivity index (χ4v) is 3.33. The predicted molar refractivity (Wildman–Crippen MR) is 102 cm³/mol. The zero-order valence-electron chi connectivity index (χ0n) is 14.3. The molecule has 1 aliphatic heterocycles. The normalized spacial score (nSPS) is 14.3. The molecule has 26 heavy (non-hydrogen) atoms. The fourth-order valence-electron chi connectivity index (χ4n) is 3.33. The second-order valence-electron chi connectivity index (χ2n) is 6.31. The zero-order valence-corrected chi connectivity index (χ0v) is 14.3. The number of rotatable bonds is 2. The number of aromatic amines is 1.